The first-order chi connectivity index (χ1) is 8.83. The zero-order valence-corrected chi connectivity index (χ0v) is 10.7. The van der Waals surface area contributed by atoms with Crippen LogP contribution in [0.1, 0.15) is 12.8 Å². The van der Waals surface area contributed by atoms with Gasteiger partial charge < -0.3 is 4.90 Å². The quantitative estimate of drug-likeness (QED) is 0.839. The van der Waals surface area contributed by atoms with Gasteiger partial charge in [-0.15, -0.1) is 0 Å². The Bertz CT molecular complexity index is 508. The minimum absolute atomic E-state index is 0.754. The topological polar surface area (TPSA) is 29.0 Å². The zero-order chi connectivity index (χ0) is 12.4. The van der Waals surface area contributed by atoms with Crippen molar-refractivity contribution in [2.24, 2.45) is 5.92 Å². The Labute approximate surface area is 111 Å². The summed E-state index contributed by atoms with van der Waals surface area (Å²) in [4.78, 5) is 10.7. The van der Waals surface area contributed by atoms with E-state index in [4.69, 9.17) is 11.6 Å². The molecule has 1 aliphatic rings. The van der Waals surface area contributed by atoms with E-state index in [1.165, 1.54) is 12.8 Å². The van der Waals surface area contributed by atoms with Crippen LogP contribution in [0.2, 0.25) is 5.02 Å². The summed E-state index contributed by atoms with van der Waals surface area (Å²) in [6, 6.07) is 7.87. The summed E-state index contributed by atoms with van der Waals surface area (Å²) in [6.07, 6.45) is 7.84. The van der Waals surface area contributed by atoms with Crippen molar-refractivity contribution in [1.82, 2.24) is 9.97 Å². The Morgan fingerprint density at radius 1 is 1.17 bits per heavy atom. The van der Waals surface area contributed by atoms with Crippen LogP contribution in [0.4, 0.5) is 11.5 Å². The lowest BCUT2D eigenvalue weighted by Gasteiger charge is -2.23. The number of nitrogens with zero attached hydrogens (tertiary/aromatic N) is 3. The van der Waals surface area contributed by atoms with Crippen LogP contribution >= 0.6 is 11.6 Å². The van der Waals surface area contributed by atoms with Crippen molar-refractivity contribution >= 4 is 23.1 Å². The molecule has 92 valence electrons. The molecule has 0 amide bonds. The third-order valence-electron chi connectivity index (χ3n) is 3.10. The highest BCUT2D eigenvalue weighted by molar-refractivity contribution is 6.30. The molecule has 18 heavy (non-hydrogen) atoms. The minimum atomic E-state index is 0.754. The molecule has 0 saturated heterocycles. The van der Waals surface area contributed by atoms with Crippen LogP contribution in [-0.2, 0) is 0 Å². The number of benzene rings is 1. The molecule has 2 aromatic rings. The Kier molecular flexibility index (Phi) is 3.15. The van der Waals surface area contributed by atoms with E-state index in [1.807, 2.05) is 24.3 Å². The first kappa shape index (κ1) is 11.5. The molecule has 3 nitrogen and oxygen atoms in total. The molecule has 1 heterocycles. The molecular weight excluding hydrogens is 246 g/mol. The molecule has 0 spiro atoms. The van der Waals surface area contributed by atoms with Crippen molar-refractivity contribution in [3.05, 3.63) is 47.9 Å². The minimum Gasteiger partial charge on any atom is -0.325 e. The van der Waals surface area contributed by atoms with Gasteiger partial charge in [0.1, 0.15) is 0 Å². The van der Waals surface area contributed by atoms with Gasteiger partial charge in [-0.25, -0.2) is 4.98 Å². The first-order valence-corrected chi connectivity index (χ1v) is 6.50. The molecule has 1 aromatic carbocycles. The highest BCUT2D eigenvalue weighted by atomic mass is 35.5. The molecule has 4 heteroatoms. The van der Waals surface area contributed by atoms with Gasteiger partial charge in [-0.05, 0) is 43.0 Å². The summed E-state index contributed by atoms with van der Waals surface area (Å²) in [5, 5.41) is 0.754. The Hall–Kier alpha value is -1.61. The molecule has 0 aliphatic heterocycles. The number of hydrogen-bond donors (Lipinski definition) is 0. The number of aromatic nitrogens is 2. The van der Waals surface area contributed by atoms with Crippen LogP contribution in [-0.4, -0.2) is 16.5 Å². The molecule has 1 aromatic heterocycles. The molecule has 3 rings (SSSR count). The molecule has 0 unspecified atom stereocenters. The summed E-state index contributed by atoms with van der Waals surface area (Å²) in [5.74, 6) is 1.68. The van der Waals surface area contributed by atoms with Crippen LogP contribution < -0.4 is 4.90 Å². The maximum absolute atomic E-state index is 5.93. The smallest absolute Gasteiger partial charge is 0.151 e. The fourth-order valence-corrected chi connectivity index (χ4v) is 2.07. The second kappa shape index (κ2) is 4.94. The van der Waals surface area contributed by atoms with Crippen molar-refractivity contribution in [3.63, 3.8) is 0 Å². The average Bonchev–Trinajstić information content (AvgIpc) is 3.22. The van der Waals surface area contributed by atoms with E-state index in [1.54, 1.807) is 18.6 Å². The SMILES string of the molecule is Clc1ccc(N(CC2CC2)c2cnccn2)cc1. The monoisotopic (exact) mass is 259 g/mol. The number of halogens is 1. The molecular formula is C14H14ClN3. The van der Waals surface area contributed by atoms with Crippen LogP contribution in [0.3, 0.4) is 0 Å². The van der Waals surface area contributed by atoms with Crippen LogP contribution in [0, 0.1) is 5.92 Å². The van der Waals surface area contributed by atoms with E-state index in [0.29, 0.717) is 0 Å². The van der Waals surface area contributed by atoms with Crippen LogP contribution in [0.5, 0.6) is 0 Å². The van der Waals surface area contributed by atoms with Gasteiger partial charge in [0.15, 0.2) is 5.82 Å². The zero-order valence-electron chi connectivity index (χ0n) is 9.96. The Morgan fingerprint density at radius 3 is 2.56 bits per heavy atom. The number of hydrogen-bond acceptors (Lipinski definition) is 3. The van der Waals surface area contributed by atoms with E-state index in [-0.39, 0.29) is 0 Å². The van der Waals surface area contributed by atoms with Gasteiger partial charge in [-0.1, -0.05) is 11.6 Å². The largest absolute Gasteiger partial charge is 0.325 e. The number of rotatable bonds is 4. The van der Waals surface area contributed by atoms with Crippen LogP contribution in [0.15, 0.2) is 42.9 Å². The van der Waals surface area contributed by atoms with Gasteiger partial charge >= 0.3 is 0 Å². The standard InChI is InChI=1S/C14H14ClN3/c15-12-3-5-13(6-4-12)18(10-11-1-2-11)14-9-16-7-8-17-14/h3-9,11H,1-2,10H2. The lowest BCUT2D eigenvalue weighted by Crippen LogP contribution is -2.21. The lowest BCUT2D eigenvalue weighted by molar-refractivity contribution is 0.802. The lowest BCUT2D eigenvalue weighted by atomic mass is 10.2. The molecule has 0 radical (unpaired) electrons. The average molecular weight is 260 g/mol. The number of anilines is 2. The van der Waals surface area contributed by atoms with Crippen molar-refractivity contribution < 1.29 is 0 Å². The van der Waals surface area contributed by atoms with Crippen molar-refractivity contribution in [2.45, 2.75) is 12.8 Å². The summed E-state index contributed by atoms with van der Waals surface area (Å²) in [5.41, 5.74) is 1.12. The molecule has 1 saturated carbocycles. The normalized spacial score (nSPS) is 14.5. The maximum Gasteiger partial charge on any atom is 0.151 e. The second-order valence-electron chi connectivity index (χ2n) is 4.59. The van der Waals surface area contributed by atoms with Gasteiger partial charge in [-0.2, -0.15) is 0 Å². The van der Waals surface area contributed by atoms with E-state index in [2.05, 4.69) is 14.9 Å². The highest BCUT2D eigenvalue weighted by Gasteiger charge is 2.25. The van der Waals surface area contributed by atoms with Gasteiger partial charge in [0.05, 0.1) is 6.20 Å². The highest BCUT2D eigenvalue weighted by Crippen LogP contribution is 2.34. The molecule has 0 bridgehead atoms. The maximum atomic E-state index is 5.93. The van der Waals surface area contributed by atoms with Gasteiger partial charge in [-0.3, -0.25) is 4.98 Å². The Balaban J connectivity index is 1.91. The predicted molar refractivity (Wildman–Crippen MR) is 73.2 cm³/mol. The van der Waals surface area contributed by atoms with Gasteiger partial charge in [0.25, 0.3) is 0 Å². The van der Waals surface area contributed by atoms with Gasteiger partial charge in [0.2, 0.25) is 0 Å². The second-order valence-corrected chi connectivity index (χ2v) is 5.03. The van der Waals surface area contributed by atoms with E-state index >= 15 is 0 Å². The predicted octanol–water partition coefficient (Wildman–Crippen LogP) is 3.68. The fraction of sp³-hybridized carbons (Fsp3) is 0.286. The molecule has 0 N–H and O–H groups in total. The summed E-state index contributed by atoms with van der Waals surface area (Å²) < 4.78 is 0. The van der Waals surface area contributed by atoms with Crippen molar-refractivity contribution in [1.29, 1.82) is 0 Å². The van der Waals surface area contributed by atoms with Crippen molar-refractivity contribution in [2.75, 3.05) is 11.4 Å². The first-order valence-electron chi connectivity index (χ1n) is 6.12. The third kappa shape index (κ3) is 2.62. The fourth-order valence-electron chi connectivity index (χ4n) is 1.94. The van der Waals surface area contributed by atoms with E-state index in [9.17, 15) is 0 Å². The van der Waals surface area contributed by atoms with E-state index < -0.39 is 0 Å². The van der Waals surface area contributed by atoms with E-state index in [0.717, 1.165) is 29.0 Å². The summed E-state index contributed by atoms with van der Waals surface area (Å²) in [6.45, 7) is 1.00. The summed E-state index contributed by atoms with van der Waals surface area (Å²) in [7, 11) is 0. The molecule has 1 fully saturated rings. The third-order valence-corrected chi connectivity index (χ3v) is 3.35. The van der Waals surface area contributed by atoms with Crippen LogP contribution in [0.25, 0.3) is 0 Å². The Morgan fingerprint density at radius 2 is 1.94 bits per heavy atom. The summed E-state index contributed by atoms with van der Waals surface area (Å²) >= 11 is 5.93. The molecule has 1 aliphatic carbocycles. The van der Waals surface area contributed by atoms with Crippen molar-refractivity contribution in [3.8, 4) is 0 Å². The van der Waals surface area contributed by atoms with Gasteiger partial charge in [0, 0.05) is 29.6 Å². The molecule has 0 atom stereocenters.